The second-order valence-corrected chi connectivity index (χ2v) is 4.77. The first-order chi connectivity index (χ1) is 10.5. The number of para-hydroxylation sites is 1. The molecule has 4 nitrogen and oxygen atoms in total. The standard InChI is InChI=1S/C15H8F3N3O/c16-15(17,18)9-7-13-14(19-8-9)21-11(5-6-20-21)10-3-1-2-4-12(10)22-13/h1-8H. The van der Waals surface area contributed by atoms with Crippen LogP contribution in [0.3, 0.4) is 0 Å². The van der Waals surface area contributed by atoms with Crippen molar-refractivity contribution in [2.75, 3.05) is 0 Å². The molecule has 1 aliphatic rings. The molecule has 0 bridgehead atoms. The number of halogens is 3. The molecule has 7 heteroatoms. The van der Waals surface area contributed by atoms with Crippen LogP contribution in [-0.4, -0.2) is 14.8 Å². The molecule has 1 aliphatic heterocycles. The van der Waals surface area contributed by atoms with Crippen molar-refractivity contribution in [3.05, 3.63) is 54.4 Å². The van der Waals surface area contributed by atoms with E-state index in [4.69, 9.17) is 4.74 Å². The first-order valence-corrected chi connectivity index (χ1v) is 6.43. The molecule has 0 atom stereocenters. The maximum absolute atomic E-state index is 12.9. The van der Waals surface area contributed by atoms with Crippen molar-refractivity contribution in [3.63, 3.8) is 0 Å². The summed E-state index contributed by atoms with van der Waals surface area (Å²) >= 11 is 0. The molecule has 22 heavy (non-hydrogen) atoms. The fourth-order valence-corrected chi connectivity index (χ4v) is 2.39. The van der Waals surface area contributed by atoms with Gasteiger partial charge in [-0.15, -0.1) is 0 Å². The molecule has 3 heterocycles. The average Bonchev–Trinajstić information content (AvgIpc) is 2.91. The Balaban J connectivity index is 2.00. The molecule has 0 fully saturated rings. The molecule has 0 saturated carbocycles. The van der Waals surface area contributed by atoms with Crippen LogP contribution in [0.5, 0.6) is 11.5 Å². The van der Waals surface area contributed by atoms with Gasteiger partial charge in [-0.05, 0) is 24.3 Å². The average molecular weight is 303 g/mol. The van der Waals surface area contributed by atoms with Gasteiger partial charge >= 0.3 is 6.18 Å². The van der Waals surface area contributed by atoms with Gasteiger partial charge in [0, 0.05) is 11.8 Å². The molecule has 0 spiro atoms. The Morgan fingerprint density at radius 3 is 2.68 bits per heavy atom. The molecule has 0 amide bonds. The SMILES string of the molecule is FC(F)(F)c1cnc2c(c1)Oc1ccccc1-c1ccnn1-2. The molecule has 2 aromatic heterocycles. The number of benzene rings is 1. The Morgan fingerprint density at radius 2 is 1.86 bits per heavy atom. The predicted molar refractivity (Wildman–Crippen MR) is 71.9 cm³/mol. The quantitative estimate of drug-likeness (QED) is 0.492. The molecule has 110 valence electrons. The maximum atomic E-state index is 12.9. The zero-order chi connectivity index (χ0) is 15.3. The molecular formula is C15H8F3N3O. The lowest BCUT2D eigenvalue weighted by Gasteiger charge is -2.11. The predicted octanol–water partition coefficient (Wildman–Crippen LogP) is 4.06. The summed E-state index contributed by atoms with van der Waals surface area (Å²) in [5, 5.41) is 4.14. The normalized spacial score (nSPS) is 12.7. The molecule has 4 rings (SSSR count). The van der Waals surface area contributed by atoms with Gasteiger partial charge in [0.15, 0.2) is 11.6 Å². The molecule has 0 radical (unpaired) electrons. The van der Waals surface area contributed by atoms with E-state index in [1.54, 1.807) is 24.4 Å². The fourth-order valence-electron chi connectivity index (χ4n) is 2.39. The van der Waals surface area contributed by atoms with Crippen LogP contribution in [-0.2, 0) is 6.18 Å². The van der Waals surface area contributed by atoms with E-state index in [1.807, 2.05) is 12.1 Å². The number of pyridine rings is 1. The van der Waals surface area contributed by atoms with Gasteiger partial charge in [-0.25, -0.2) is 9.67 Å². The Kier molecular flexibility index (Phi) is 2.53. The summed E-state index contributed by atoms with van der Waals surface area (Å²) in [6.07, 6.45) is -2.13. The van der Waals surface area contributed by atoms with Crippen molar-refractivity contribution >= 4 is 0 Å². The molecule has 0 aliphatic carbocycles. The number of alkyl halides is 3. The first kappa shape index (κ1) is 12.9. The van der Waals surface area contributed by atoms with Crippen molar-refractivity contribution in [2.45, 2.75) is 6.18 Å². The summed E-state index contributed by atoms with van der Waals surface area (Å²) in [4.78, 5) is 3.90. The summed E-state index contributed by atoms with van der Waals surface area (Å²) in [7, 11) is 0. The third kappa shape index (κ3) is 1.86. The Labute approximate surface area is 122 Å². The van der Waals surface area contributed by atoms with Crippen LogP contribution in [0.1, 0.15) is 5.56 Å². The Hall–Kier alpha value is -2.83. The first-order valence-electron chi connectivity index (χ1n) is 6.43. The van der Waals surface area contributed by atoms with Gasteiger partial charge in [0.1, 0.15) is 5.75 Å². The van der Waals surface area contributed by atoms with Gasteiger partial charge in [-0.2, -0.15) is 18.3 Å². The van der Waals surface area contributed by atoms with Crippen molar-refractivity contribution in [2.24, 2.45) is 0 Å². The lowest BCUT2D eigenvalue weighted by atomic mass is 10.1. The second-order valence-electron chi connectivity index (χ2n) is 4.77. The zero-order valence-corrected chi connectivity index (χ0v) is 11.0. The van der Waals surface area contributed by atoms with Gasteiger partial charge in [-0.1, -0.05) is 12.1 Å². The topological polar surface area (TPSA) is 39.9 Å². The summed E-state index contributed by atoms with van der Waals surface area (Å²) in [5.74, 6) is 0.707. The molecule has 0 unspecified atom stereocenters. The highest BCUT2D eigenvalue weighted by molar-refractivity contribution is 5.72. The van der Waals surface area contributed by atoms with E-state index in [0.717, 1.165) is 17.8 Å². The summed E-state index contributed by atoms with van der Waals surface area (Å²) < 4.78 is 45.7. The van der Waals surface area contributed by atoms with Gasteiger partial charge in [0.2, 0.25) is 0 Å². The third-order valence-corrected chi connectivity index (χ3v) is 3.39. The van der Waals surface area contributed by atoms with E-state index >= 15 is 0 Å². The number of aromatic nitrogens is 3. The monoisotopic (exact) mass is 303 g/mol. The number of hydrogen-bond acceptors (Lipinski definition) is 3. The lowest BCUT2D eigenvalue weighted by molar-refractivity contribution is -0.137. The minimum Gasteiger partial charge on any atom is -0.453 e. The van der Waals surface area contributed by atoms with Crippen LogP contribution in [0.15, 0.2) is 48.8 Å². The number of rotatable bonds is 0. The zero-order valence-electron chi connectivity index (χ0n) is 11.0. The maximum Gasteiger partial charge on any atom is 0.418 e. The number of ether oxygens (including phenoxy) is 1. The highest BCUT2D eigenvalue weighted by atomic mass is 19.4. The molecular weight excluding hydrogens is 295 g/mol. The van der Waals surface area contributed by atoms with E-state index in [1.165, 1.54) is 4.68 Å². The minimum atomic E-state index is -4.48. The van der Waals surface area contributed by atoms with Crippen molar-refractivity contribution in [1.29, 1.82) is 0 Å². The highest BCUT2D eigenvalue weighted by Crippen LogP contribution is 2.41. The lowest BCUT2D eigenvalue weighted by Crippen LogP contribution is -2.08. The minimum absolute atomic E-state index is 0.0183. The second kappa shape index (κ2) is 4.33. The van der Waals surface area contributed by atoms with Gasteiger partial charge in [0.25, 0.3) is 0 Å². The van der Waals surface area contributed by atoms with E-state index in [9.17, 15) is 13.2 Å². The largest absolute Gasteiger partial charge is 0.453 e. The van der Waals surface area contributed by atoms with Crippen LogP contribution in [0.2, 0.25) is 0 Å². The van der Waals surface area contributed by atoms with Crippen LogP contribution < -0.4 is 4.74 Å². The van der Waals surface area contributed by atoms with Crippen LogP contribution >= 0.6 is 0 Å². The molecule has 0 N–H and O–H groups in total. The van der Waals surface area contributed by atoms with E-state index in [-0.39, 0.29) is 11.6 Å². The number of nitrogens with zero attached hydrogens (tertiary/aromatic N) is 3. The molecule has 1 aromatic carbocycles. The number of fused-ring (bicyclic) bond motifs is 5. The summed E-state index contributed by atoms with van der Waals surface area (Å²) in [5.41, 5.74) is 0.590. The van der Waals surface area contributed by atoms with Crippen LogP contribution in [0.4, 0.5) is 13.2 Å². The van der Waals surface area contributed by atoms with Gasteiger partial charge in [0.05, 0.1) is 17.5 Å². The van der Waals surface area contributed by atoms with Gasteiger partial charge in [-0.3, -0.25) is 0 Å². The van der Waals surface area contributed by atoms with Crippen LogP contribution in [0, 0.1) is 0 Å². The van der Waals surface area contributed by atoms with E-state index < -0.39 is 11.7 Å². The highest BCUT2D eigenvalue weighted by Gasteiger charge is 2.33. The smallest absolute Gasteiger partial charge is 0.418 e. The molecule has 3 aromatic rings. The van der Waals surface area contributed by atoms with E-state index in [2.05, 4.69) is 10.1 Å². The fraction of sp³-hybridized carbons (Fsp3) is 0.0667. The van der Waals surface area contributed by atoms with Crippen LogP contribution in [0.25, 0.3) is 17.1 Å². The summed E-state index contributed by atoms with van der Waals surface area (Å²) in [6.45, 7) is 0. The third-order valence-electron chi connectivity index (χ3n) is 3.39. The van der Waals surface area contributed by atoms with Crippen molar-refractivity contribution < 1.29 is 17.9 Å². The Morgan fingerprint density at radius 1 is 1.05 bits per heavy atom. The van der Waals surface area contributed by atoms with Crippen molar-refractivity contribution in [1.82, 2.24) is 14.8 Å². The van der Waals surface area contributed by atoms with E-state index in [0.29, 0.717) is 11.4 Å². The molecule has 0 saturated heterocycles. The van der Waals surface area contributed by atoms with Crippen molar-refractivity contribution in [3.8, 4) is 28.6 Å². The Bertz CT molecular complexity index is 870. The summed E-state index contributed by atoms with van der Waals surface area (Å²) in [6, 6.07) is 9.80. The van der Waals surface area contributed by atoms with Gasteiger partial charge < -0.3 is 4.74 Å². The number of hydrogen-bond donors (Lipinski definition) is 0.